The molecule has 5 rings (SSSR count). The molecule has 58 heavy (non-hydrogen) atoms. The Kier molecular flexibility index (Phi) is 15.4. The van der Waals surface area contributed by atoms with Gasteiger partial charge < -0.3 is 41.5 Å². The van der Waals surface area contributed by atoms with Crippen molar-refractivity contribution in [3.8, 4) is 0 Å². The molecule has 9 atom stereocenters. The Labute approximate surface area is 340 Å². The van der Waals surface area contributed by atoms with Gasteiger partial charge >= 0.3 is 0 Å². The van der Waals surface area contributed by atoms with Crippen LogP contribution in [0.3, 0.4) is 0 Å². The van der Waals surface area contributed by atoms with Crippen LogP contribution in [0.15, 0.2) is 60.7 Å². The molecule has 314 valence electrons. The number of fused-ring (bicyclic) bond motifs is 2. The summed E-state index contributed by atoms with van der Waals surface area (Å²) < 4.78 is 0. The lowest BCUT2D eigenvalue weighted by atomic mass is 9.96. The van der Waals surface area contributed by atoms with E-state index in [-0.39, 0.29) is 44.2 Å². The Morgan fingerprint density at radius 3 is 1.38 bits per heavy atom. The summed E-state index contributed by atoms with van der Waals surface area (Å²) in [5.41, 5.74) is 1.49. The number of carbonyl (C=O) groups is 7. The van der Waals surface area contributed by atoms with Gasteiger partial charge in [0.1, 0.15) is 42.3 Å². The standard InChI is InChI=1S/C43H59N7O8/c1-5-26(3)35-40(55)44-30(23-28-15-9-7-10-16-28)37(52)46-32(25-51)43(58)50-22-14-20-34(50)39(54)48-36(27(4)6-2)41(56)45-31(24-29-17-11-8-12-18-29)42(57)49-21-13-19-33(49)38(53)47-35/h7-12,15-18,26-27,30-36,51H,5-6,13-14,19-25H2,1-4H3,(H,44,55)(H,45,56)(H,46,52)(H,47,53)(H,48,54)/t26-,27-,30+,31+,32+,33+,34+,35+,36+/m1/s1. The summed E-state index contributed by atoms with van der Waals surface area (Å²) in [4.78, 5) is 102. The maximum atomic E-state index is 14.5. The van der Waals surface area contributed by atoms with E-state index in [0.29, 0.717) is 37.7 Å². The molecule has 3 heterocycles. The zero-order valence-electron chi connectivity index (χ0n) is 33.9. The van der Waals surface area contributed by atoms with E-state index in [4.69, 9.17) is 0 Å². The van der Waals surface area contributed by atoms with Gasteiger partial charge in [-0.3, -0.25) is 33.6 Å². The van der Waals surface area contributed by atoms with Crippen LogP contribution in [0.1, 0.15) is 77.3 Å². The maximum absolute atomic E-state index is 14.5. The van der Waals surface area contributed by atoms with E-state index in [2.05, 4.69) is 26.6 Å². The Hall–Kier alpha value is -5.31. The zero-order chi connectivity index (χ0) is 41.9. The van der Waals surface area contributed by atoms with Gasteiger partial charge in [-0.25, -0.2) is 0 Å². The third kappa shape index (κ3) is 10.6. The number of nitrogens with zero attached hydrogens (tertiary/aromatic N) is 2. The van der Waals surface area contributed by atoms with E-state index in [1.54, 1.807) is 31.2 Å². The quantitative estimate of drug-likeness (QED) is 0.215. The van der Waals surface area contributed by atoms with Crippen LogP contribution in [0.25, 0.3) is 0 Å². The van der Waals surface area contributed by atoms with E-state index >= 15 is 0 Å². The van der Waals surface area contributed by atoms with Crippen LogP contribution in [0.2, 0.25) is 0 Å². The summed E-state index contributed by atoms with van der Waals surface area (Å²) in [7, 11) is 0. The number of hydrogen-bond acceptors (Lipinski definition) is 8. The topological polar surface area (TPSA) is 206 Å². The number of rotatable bonds is 9. The van der Waals surface area contributed by atoms with Gasteiger partial charge in [0.2, 0.25) is 41.4 Å². The van der Waals surface area contributed by atoms with Crippen molar-refractivity contribution in [2.45, 2.75) is 121 Å². The van der Waals surface area contributed by atoms with E-state index < -0.39 is 90.3 Å². The number of carbonyl (C=O) groups excluding carboxylic acids is 7. The van der Waals surface area contributed by atoms with Gasteiger partial charge in [0.25, 0.3) is 0 Å². The first-order valence-corrected chi connectivity index (χ1v) is 20.7. The molecule has 15 heteroatoms. The molecule has 0 spiro atoms. The van der Waals surface area contributed by atoms with Crippen molar-refractivity contribution < 1.29 is 38.7 Å². The lowest BCUT2D eigenvalue weighted by Crippen LogP contribution is -2.61. The van der Waals surface area contributed by atoms with Gasteiger partial charge in [-0.2, -0.15) is 0 Å². The number of nitrogens with one attached hydrogen (secondary N) is 5. The molecule has 0 aromatic heterocycles. The average Bonchev–Trinajstić information content (AvgIpc) is 3.94. The van der Waals surface area contributed by atoms with Crippen molar-refractivity contribution in [1.29, 1.82) is 0 Å². The molecule has 0 saturated carbocycles. The molecule has 0 aliphatic carbocycles. The number of benzene rings is 2. The monoisotopic (exact) mass is 801 g/mol. The summed E-state index contributed by atoms with van der Waals surface area (Å²) in [6.45, 7) is 7.01. The highest BCUT2D eigenvalue weighted by Gasteiger charge is 2.43. The molecule has 6 N–H and O–H groups in total. The van der Waals surface area contributed by atoms with Crippen molar-refractivity contribution in [1.82, 2.24) is 36.4 Å². The highest BCUT2D eigenvalue weighted by molar-refractivity contribution is 5.99. The maximum Gasteiger partial charge on any atom is 0.248 e. The van der Waals surface area contributed by atoms with Crippen LogP contribution in [-0.4, -0.2) is 118 Å². The van der Waals surface area contributed by atoms with Gasteiger partial charge in [-0.05, 0) is 48.6 Å². The summed E-state index contributed by atoms with van der Waals surface area (Å²) in [5.74, 6) is -4.99. The van der Waals surface area contributed by atoms with Gasteiger partial charge in [0.15, 0.2) is 0 Å². The Morgan fingerprint density at radius 2 is 0.948 bits per heavy atom. The molecule has 3 saturated heterocycles. The Morgan fingerprint density at radius 1 is 0.552 bits per heavy atom. The number of aliphatic hydroxyl groups excluding tert-OH is 1. The predicted molar refractivity (Wildman–Crippen MR) is 215 cm³/mol. The normalized spacial score (nSPS) is 27.9. The predicted octanol–water partition coefficient (Wildman–Crippen LogP) is 0.976. The van der Waals surface area contributed by atoms with Crippen molar-refractivity contribution in [3.63, 3.8) is 0 Å². The van der Waals surface area contributed by atoms with Crippen molar-refractivity contribution in [3.05, 3.63) is 71.8 Å². The molecule has 2 aromatic carbocycles. The molecular formula is C43H59N7O8. The zero-order valence-corrected chi connectivity index (χ0v) is 33.9. The number of aliphatic hydroxyl groups is 1. The first-order chi connectivity index (χ1) is 27.9. The smallest absolute Gasteiger partial charge is 0.248 e. The van der Waals surface area contributed by atoms with Crippen molar-refractivity contribution in [2.75, 3.05) is 19.7 Å². The highest BCUT2D eigenvalue weighted by atomic mass is 16.3. The van der Waals surface area contributed by atoms with Gasteiger partial charge in [0, 0.05) is 25.9 Å². The number of hydrogen-bond donors (Lipinski definition) is 6. The van der Waals surface area contributed by atoms with Gasteiger partial charge in [-0.15, -0.1) is 0 Å². The van der Waals surface area contributed by atoms with E-state index in [1.807, 2.05) is 57.2 Å². The third-order valence-electron chi connectivity index (χ3n) is 11.9. The van der Waals surface area contributed by atoms with Crippen molar-refractivity contribution in [2.24, 2.45) is 11.8 Å². The lowest BCUT2D eigenvalue weighted by Gasteiger charge is -2.33. The summed E-state index contributed by atoms with van der Waals surface area (Å²) in [6, 6.07) is 10.3. The van der Waals surface area contributed by atoms with Gasteiger partial charge in [0.05, 0.1) is 6.61 Å². The van der Waals surface area contributed by atoms with Crippen LogP contribution in [0, 0.1) is 11.8 Å². The summed E-state index contributed by atoms with van der Waals surface area (Å²) in [6.07, 6.45) is 2.75. The molecule has 3 aliphatic rings. The SMILES string of the molecule is CC[C@@H](C)[C@@H]1NC(=O)[C@@H]2CCCN2C(=O)[C@H](CO)NC(=O)[C@H](Cc2ccccc2)NC(=O)[C@H]([C@H](C)CC)NC(=O)[C@@H]2CCCN2C(=O)[C@H](Cc2ccccc2)NC1=O. The first kappa shape index (κ1) is 43.8. The molecule has 15 nitrogen and oxygen atoms in total. The minimum atomic E-state index is -1.44. The fourth-order valence-corrected chi connectivity index (χ4v) is 8.00. The first-order valence-electron chi connectivity index (χ1n) is 20.7. The van der Waals surface area contributed by atoms with Crippen LogP contribution in [0.4, 0.5) is 0 Å². The summed E-state index contributed by atoms with van der Waals surface area (Å²) >= 11 is 0. The summed E-state index contributed by atoms with van der Waals surface area (Å²) in [5, 5.41) is 24.5. The van der Waals surface area contributed by atoms with Crippen LogP contribution in [-0.2, 0) is 46.4 Å². The van der Waals surface area contributed by atoms with E-state index in [9.17, 15) is 38.7 Å². The average molecular weight is 802 g/mol. The molecule has 2 aromatic rings. The Balaban J connectivity index is 1.55. The fraction of sp³-hybridized carbons (Fsp3) is 0.558. The minimum absolute atomic E-state index is 0.0341. The Bertz CT molecular complexity index is 1780. The van der Waals surface area contributed by atoms with Crippen LogP contribution >= 0.6 is 0 Å². The second-order valence-corrected chi connectivity index (χ2v) is 15.9. The molecule has 3 aliphatic heterocycles. The van der Waals surface area contributed by atoms with E-state index in [0.717, 1.165) is 5.56 Å². The number of amides is 7. The molecular weight excluding hydrogens is 743 g/mol. The molecule has 0 radical (unpaired) electrons. The van der Waals surface area contributed by atoms with Gasteiger partial charge in [-0.1, -0.05) is 101 Å². The molecule has 7 amide bonds. The molecule has 3 fully saturated rings. The highest BCUT2D eigenvalue weighted by Crippen LogP contribution is 2.23. The van der Waals surface area contributed by atoms with Crippen molar-refractivity contribution >= 4 is 41.4 Å². The van der Waals surface area contributed by atoms with E-state index in [1.165, 1.54) is 9.80 Å². The lowest BCUT2D eigenvalue weighted by molar-refractivity contribution is -0.144. The van der Waals surface area contributed by atoms with Crippen LogP contribution < -0.4 is 26.6 Å². The van der Waals surface area contributed by atoms with Crippen LogP contribution in [0.5, 0.6) is 0 Å². The molecule has 0 bridgehead atoms. The third-order valence-corrected chi connectivity index (χ3v) is 11.9. The fourth-order valence-electron chi connectivity index (χ4n) is 8.00. The second kappa shape index (κ2) is 20.4. The minimum Gasteiger partial charge on any atom is -0.394 e. The molecule has 0 unspecified atom stereocenters. The largest absolute Gasteiger partial charge is 0.394 e. The second-order valence-electron chi connectivity index (χ2n) is 15.9.